The van der Waals surface area contributed by atoms with E-state index in [0.29, 0.717) is 0 Å². The van der Waals surface area contributed by atoms with Gasteiger partial charge in [-0.15, -0.1) is 0 Å². The minimum atomic E-state index is -0.192. The molecule has 1 aromatic heterocycles. The normalized spacial score (nSPS) is 14.3. The van der Waals surface area contributed by atoms with Gasteiger partial charge in [0.25, 0.3) is 5.91 Å². The number of hydrogen-bond donors (Lipinski definition) is 1. The van der Waals surface area contributed by atoms with E-state index in [-0.39, 0.29) is 17.8 Å². The molecule has 27 heavy (non-hydrogen) atoms. The molecule has 2 aromatic carbocycles. The molecule has 3 aromatic rings. The predicted octanol–water partition coefficient (Wildman–Crippen LogP) is 4.13. The van der Waals surface area contributed by atoms with Crippen molar-refractivity contribution in [2.24, 2.45) is 0 Å². The Hall–Kier alpha value is -3.01. The predicted molar refractivity (Wildman–Crippen MR) is 107 cm³/mol. The first-order chi connectivity index (χ1) is 13.2. The first-order valence-electron chi connectivity index (χ1n) is 9.47. The summed E-state index contributed by atoms with van der Waals surface area (Å²) in [7, 11) is 0. The summed E-state index contributed by atoms with van der Waals surface area (Å²) in [5.74, 6) is 0.0457. The molecule has 4 rings (SSSR count). The molecule has 0 unspecified atom stereocenters. The van der Waals surface area contributed by atoms with E-state index in [2.05, 4.69) is 39.6 Å². The third-order valence-corrected chi connectivity index (χ3v) is 5.20. The van der Waals surface area contributed by atoms with Crippen LogP contribution in [0.5, 0.6) is 0 Å². The Kier molecular flexibility index (Phi) is 4.97. The van der Waals surface area contributed by atoms with E-state index in [1.807, 2.05) is 37.3 Å². The molecule has 4 heteroatoms. The number of rotatable bonds is 3. The largest absolute Gasteiger partial charge is 0.347 e. The van der Waals surface area contributed by atoms with E-state index in [1.165, 1.54) is 11.1 Å². The van der Waals surface area contributed by atoms with Crippen LogP contribution in [0.2, 0.25) is 0 Å². The Morgan fingerprint density at radius 3 is 2.26 bits per heavy atom. The van der Waals surface area contributed by atoms with E-state index in [4.69, 9.17) is 0 Å². The molecule has 1 N–H and O–H groups in total. The number of aryl methyl sites for hydroxylation is 3. The van der Waals surface area contributed by atoms with Crippen LogP contribution in [0.15, 0.2) is 60.8 Å². The molecule has 1 aliphatic rings. The average molecular weight is 357 g/mol. The minimum absolute atomic E-state index is 0.148. The molecule has 0 fully saturated rings. The van der Waals surface area contributed by atoms with Gasteiger partial charge in [-0.05, 0) is 49.3 Å². The summed E-state index contributed by atoms with van der Waals surface area (Å²) >= 11 is 0. The lowest BCUT2D eigenvalue weighted by molar-refractivity contribution is 0.0923. The second kappa shape index (κ2) is 7.70. The van der Waals surface area contributed by atoms with Gasteiger partial charge in [-0.2, -0.15) is 0 Å². The van der Waals surface area contributed by atoms with Crippen LogP contribution >= 0.6 is 0 Å². The number of amides is 1. The van der Waals surface area contributed by atoms with Gasteiger partial charge < -0.3 is 5.32 Å². The van der Waals surface area contributed by atoms with Crippen LogP contribution < -0.4 is 5.32 Å². The van der Waals surface area contributed by atoms with Crippen LogP contribution in [0.3, 0.4) is 0 Å². The molecule has 0 aliphatic heterocycles. The van der Waals surface area contributed by atoms with E-state index in [9.17, 15) is 4.79 Å². The van der Waals surface area contributed by atoms with Gasteiger partial charge in [0.05, 0.1) is 5.69 Å². The van der Waals surface area contributed by atoms with Crippen LogP contribution in [0.1, 0.15) is 40.2 Å². The fourth-order valence-corrected chi connectivity index (χ4v) is 3.68. The number of benzene rings is 2. The molecule has 0 saturated carbocycles. The summed E-state index contributed by atoms with van der Waals surface area (Å²) in [5.41, 5.74) is 5.56. The minimum Gasteiger partial charge on any atom is -0.347 e. The Balaban J connectivity index is 1.49. The molecule has 0 spiro atoms. The van der Waals surface area contributed by atoms with Crippen molar-refractivity contribution in [2.45, 2.75) is 38.6 Å². The fourth-order valence-electron chi connectivity index (χ4n) is 3.68. The van der Waals surface area contributed by atoms with Crippen molar-refractivity contribution < 1.29 is 4.79 Å². The highest BCUT2D eigenvalue weighted by Gasteiger charge is 2.20. The SMILES string of the molecule is Cc1cnc(C(=O)NC2CCc3ccccc3CC2)nc1-c1ccccc1. The Morgan fingerprint density at radius 1 is 0.963 bits per heavy atom. The summed E-state index contributed by atoms with van der Waals surface area (Å²) in [4.78, 5) is 21.6. The van der Waals surface area contributed by atoms with Crippen LogP contribution in [0, 0.1) is 6.92 Å². The first kappa shape index (κ1) is 17.4. The van der Waals surface area contributed by atoms with Gasteiger partial charge in [0.2, 0.25) is 5.82 Å². The van der Waals surface area contributed by atoms with Gasteiger partial charge in [-0.25, -0.2) is 9.97 Å². The maximum atomic E-state index is 12.8. The molecule has 0 radical (unpaired) electrons. The van der Waals surface area contributed by atoms with Crippen LogP contribution in [-0.4, -0.2) is 21.9 Å². The van der Waals surface area contributed by atoms with Crippen molar-refractivity contribution in [1.29, 1.82) is 0 Å². The van der Waals surface area contributed by atoms with Crippen molar-refractivity contribution in [3.63, 3.8) is 0 Å². The van der Waals surface area contributed by atoms with Gasteiger partial charge in [-0.3, -0.25) is 4.79 Å². The molecule has 0 saturated heterocycles. The van der Waals surface area contributed by atoms with Crippen molar-refractivity contribution in [3.8, 4) is 11.3 Å². The fraction of sp³-hybridized carbons (Fsp3) is 0.261. The lowest BCUT2D eigenvalue weighted by atomic mass is 10.0. The second-order valence-corrected chi connectivity index (χ2v) is 7.11. The van der Waals surface area contributed by atoms with E-state index >= 15 is 0 Å². The summed E-state index contributed by atoms with van der Waals surface area (Å²) in [5, 5.41) is 3.14. The molecular weight excluding hydrogens is 334 g/mol. The Labute approximate surface area is 159 Å². The molecule has 0 bridgehead atoms. The van der Waals surface area contributed by atoms with Gasteiger partial charge in [0.1, 0.15) is 0 Å². The van der Waals surface area contributed by atoms with Gasteiger partial charge in [0.15, 0.2) is 0 Å². The zero-order valence-electron chi connectivity index (χ0n) is 15.5. The Bertz CT molecular complexity index is 926. The number of fused-ring (bicyclic) bond motifs is 1. The third-order valence-electron chi connectivity index (χ3n) is 5.20. The maximum Gasteiger partial charge on any atom is 0.289 e. The molecule has 136 valence electrons. The summed E-state index contributed by atoms with van der Waals surface area (Å²) in [6, 6.07) is 18.6. The number of nitrogens with zero attached hydrogens (tertiary/aromatic N) is 2. The number of carbonyl (C=O) groups is 1. The highest BCUT2D eigenvalue weighted by Crippen LogP contribution is 2.22. The number of aromatic nitrogens is 2. The van der Waals surface area contributed by atoms with Crippen molar-refractivity contribution in [1.82, 2.24) is 15.3 Å². The number of hydrogen-bond acceptors (Lipinski definition) is 3. The van der Waals surface area contributed by atoms with E-state index in [1.54, 1.807) is 6.20 Å². The van der Waals surface area contributed by atoms with Crippen LogP contribution in [0.4, 0.5) is 0 Å². The monoisotopic (exact) mass is 357 g/mol. The summed E-state index contributed by atoms with van der Waals surface area (Å²) in [6.45, 7) is 1.96. The standard InChI is InChI=1S/C23H23N3O/c1-16-15-24-22(26-21(16)19-9-3-2-4-10-19)23(27)25-20-13-11-17-7-5-6-8-18(17)12-14-20/h2-10,15,20H,11-14H2,1H3,(H,25,27). The molecular formula is C23H23N3O. The molecule has 1 aliphatic carbocycles. The van der Waals surface area contributed by atoms with Gasteiger partial charge >= 0.3 is 0 Å². The smallest absolute Gasteiger partial charge is 0.289 e. The summed E-state index contributed by atoms with van der Waals surface area (Å²) < 4.78 is 0. The van der Waals surface area contributed by atoms with Gasteiger partial charge in [0, 0.05) is 17.8 Å². The average Bonchev–Trinajstić information content (AvgIpc) is 2.91. The van der Waals surface area contributed by atoms with Crippen LogP contribution in [0.25, 0.3) is 11.3 Å². The maximum absolute atomic E-state index is 12.8. The van der Waals surface area contributed by atoms with Crippen molar-refractivity contribution >= 4 is 5.91 Å². The third kappa shape index (κ3) is 3.90. The highest BCUT2D eigenvalue weighted by atomic mass is 16.2. The Morgan fingerprint density at radius 2 is 1.59 bits per heavy atom. The topological polar surface area (TPSA) is 54.9 Å². The highest BCUT2D eigenvalue weighted by molar-refractivity contribution is 5.91. The van der Waals surface area contributed by atoms with Crippen LogP contribution in [-0.2, 0) is 12.8 Å². The lowest BCUT2D eigenvalue weighted by Gasteiger charge is -2.16. The quantitative estimate of drug-likeness (QED) is 0.717. The zero-order chi connectivity index (χ0) is 18.6. The van der Waals surface area contributed by atoms with E-state index < -0.39 is 0 Å². The number of carbonyl (C=O) groups excluding carboxylic acids is 1. The second-order valence-electron chi connectivity index (χ2n) is 7.11. The van der Waals surface area contributed by atoms with Crippen molar-refractivity contribution in [3.05, 3.63) is 83.3 Å². The first-order valence-corrected chi connectivity index (χ1v) is 9.47. The van der Waals surface area contributed by atoms with Crippen molar-refractivity contribution in [2.75, 3.05) is 0 Å². The molecule has 0 atom stereocenters. The van der Waals surface area contributed by atoms with E-state index in [0.717, 1.165) is 42.5 Å². The molecule has 4 nitrogen and oxygen atoms in total. The molecule has 1 heterocycles. The number of nitrogens with one attached hydrogen (secondary N) is 1. The molecule has 1 amide bonds. The lowest BCUT2D eigenvalue weighted by Crippen LogP contribution is -2.36. The van der Waals surface area contributed by atoms with Gasteiger partial charge in [-0.1, -0.05) is 54.6 Å². The zero-order valence-corrected chi connectivity index (χ0v) is 15.5. The summed E-state index contributed by atoms with van der Waals surface area (Å²) in [6.07, 6.45) is 5.60.